The predicted molar refractivity (Wildman–Crippen MR) is 78.6 cm³/mol. The topological polar surface area (TPSA) is 37.8 Å². The van der Waals surface area contributed by atoms with E-state index in [1.165, 1.54) is 12.1 Å². The number of nitrogens with zero attached hydrogens (tertiary/aromatic N) is 2. The minimum absolute atomic E-state index is 0.149. The average Bonchev–Trinajstić information content (AvgIpc) is 2.41. The fourth-order valence-electron chi connectivity index (χ4n) is 1.80. The molecular weight excluding hydrogens is 328 g/mol. The van der Waals surface area contributed by atoms with Crippen LogP contribution >= 0.6 is 15.9 Å². The summed E-state index contributed by atoms with van der Waals surface area (Å²) in [5.41, 5.74) is 0.0804. The van der Waals surface area contributed by atoms with Gasteiger partial charge in [-0.1, -0.05) is 6.92 Å². The molecule has 1 heterocycles. The molecule has 20 heavy (non-hydrogen) atoms. The van der Waals surface area contributed by atoms with Crippen LogP contribution in [0.1, 0.15) is 19.2 Å². The van der Waals surface area contributed by atoms with Crippen LogP contribution < -0.4 is 5.32 Å². The van der Waals surface area contributed by atoms with Crippen LogP contribution in [0.3, 0.4) is 0 Å². The van der Waals surface area contributed by atoms with Crippen molar-refractivity contribution < 1.29 is 8.78 Å². The zero-order valence-corrected chi connectivity index (χ0v) is 12.8. The van der Waals surface area contributed by atoms with E-state index in [2.05, 4.69) is 31.2 Å². The van der Waals surface area contributed by atoms with Crippen LogP contribution in [0.25, 0.3) is 11.3 Å². The largest absolute Gasteiger partial charge is 0.370 e. The second-order valence-corrected chi connectivity index (χ2v) is 5.18. The lowest BCUT2D eigenvalue weighted by Crippen LogP contribution is -2.05. The van der Waals surface area contributed by atoms with E-state index in [4.69, 9.17) is 0 Å². The number of rotatable bonds is 4. The molecular formula is C14H14BrF2N3. The van der Waals surface area contributed by atoms with Gasteiger partial charge in [0.15, 0.2) is 0 Å². The van der Waals surface area contributed by atoms with Crippen molar-refractivity contribution >= 4 is 21.7 Å². The smallest absolute Gasteiger partial charge is 0.149 e. The molecule has 0 amide bonds. The number of nitrogens with one attached hydrogen (secondary N) is 1. The Morgan fingerprint density at radius 3 is 2.70 bits per heavy atom. The molecule has 0 saturated carbocycles. The van der Waals surface area contributed by atoms with Gasteiger partial charge in [-0.05, 0) is 41.4 Å². The Balaban J connectivity index is 2.52. The summed E-state index contributed by atoms with van der Waals surface area (Å²) in [4.78, 5) is 8.32. The lowest BCUT2D eigenvalue weighted by Gasteiger charge is -2.10. The SMILES string of the molecule is CCCNc1cc(-c2c(F)ccc(Br)c2F)nc(C)n1. The van der Waals surface area contributed by atoms with Crippen molar-refractivity contribution in [3.05, 3.63) is 40.1 Å². The first-order valence-electron chi connectivity index (χ1n) is 6.26. The first-order chi connectivity index (χ1) is 9.52. The van der Waals surface area contributed by atoms with Gasteiger partial charge in [0.05, 0.1) is 15.7 Å². The monoisotopic (exact) mass is 341 g/mol. The second kappa shape index (κ2) is 6.26. The number of benzene rings is 1. The molecule has 1 aromatic heterocycles. The van der Waals surface area contributed by atoms with Gasteiger partial charge in [-0.25, -0.2) is 18.7 Å². The fourth-order valence-corrected chi connectivity index (χ4v) is 2.13. The van der Waals surface area contributed by atoms with Gasteiger partial charge in [0.2, 0.25) is 0 Å². The van der Waals surface area contributed by atoms with E-state index in [0.717, 1.165) is 13.0 Å². The van der Waals surface area contributed by atoms with Crippen LogP contribution in [-0.4, -0.2) is 16.5 Å². The molecule has 0 fully saturated rings. The van der Waals surface area contributed by atoms with Crippen molar-refractivity contribution in [1.82, 2.24) is 9.97 Å². The van der Waals surface area contributed by atoms with E-state index in [0.29, 0.717) is 11.6 Å². The third kappa shape index (κ3) is 3.12. The standard InChI is InChI=1S/C14H14BrF2N3/c1-3-6-18-12-7-11(19-8(2)20-12)13-10(16)5-4-9(15)14(13)17/h4-5,7H,3,6H2,1-2H3,(H,18,19,20). The predicted octanol–water partition coefficient (Wildman–Crippen LogP) is 4.31. The van der Waals surface area contributed by atoms with Gasteiger partial charge in [0, 0.05) is 12.6 Å². The molecule has 0 saturated heterocycles. The fraction of sp³-hybridized carbons (Fsp3) is 0.286. The Morgan fingerprint density at radius 1 is 1.25 bits per heavy atom. The molecule has 0 atom stereocenters. The molecule has 1 aromatic carbocycles. The van der Waals surface area contributed by atoms with Crippen molar-refractivity contribution in [3.63, 3.8) is 0 Å². The zero-order valence-electron chi connectivity index (χ0n) is 11.2. The van der Waals surface area contributed by atoms with E-state index in [1.807, 2.05) is 6.92 Å². The Labute approximate surface area is 124 Å². The highest BCUT2D eigenvalue weighted by molar-refractivity contribution is 9.10. The maximum Gasteiger partial charge on any atom is 0.149 e. The van der Waals surface area contributed by atoms with Crippen molar-refractivity contribution in [2.45, 2.75) is 20.3 Å². The summed E-state index contributed by atoms with van der Waals surface area (Å²) in [6, 6.07) is 4.09. The van der Waals surface area contributed by atoms with Gasteiger partial charge in [0.1, 0.15) is 23.3 Å². The minimum Gasteiger partial charge on any atom is -0.370 e. The zero-order chi connectivity index (χ0) is 14.7. The highest BCUT2D eigenvalue weighted by atomic mass is 79.9. The van der Waals surface area contributed by atoms with E-state index in [-0.39, 0.29) is 15.7 Å². The average molecular weight is 342 g/mol. The van der Waals surface area contributed by atoms with Gasteiger partial charge >= 0.3 is 0 Å². The van der Waals surface area contributed by atoms with Crippen LogP contribution in [0.2, 0.25) is 0 Å². The van der Waals surface area contributed by atoms with Crippen molar-refractivity contribution in [1.29, 1.82) is 0 Å². The lowest BCUT2D eigenvalue weighted by molar-refractivity contribution is 0.584. The molecule has 0 aliphatic heterocycles. The first-order valence-corrected chi connectivity index (χ1v) is 7.05. The molecule has 1 N–H and O–H groups in total. The van der Waals surface area contributed by atoms with Crippen LogP contribution in [0, 0.1) is 18.6 Å². The Kier molecular flexibility index (Phi) is 4.65. The van der Waals surface area contributed by atoms with Gasteiger partial charge in [-0.15, -0.1) is 0 Å². The molecule has 6 heteroatoms. The van der Waals surface area contributed by atoms with Crippen LogP contribution in [-0.2, 0) is 0 Å². The molecule has 2 rings (SSSR count). The molecule has 0 unspecified atom stereocenters. The third-order valence-corrected chi connectivity index (χ3v) is 3.31. The maximum absolute atomic E-state index is 14.1. The molecule has 0 aliphatic carbocycles. The molecule has 0 radical (unpaired) electrons. The molecule has 0 spiro atoms. The summed E-state index contributed by atoms with van der Waals surface area (Å²) in [5, 5.41) is 3.09. The quantitative estimate of drug-likeness (QED) is 0.841. The Bertz CT molecular complexity index is 632. The van der Waals surface area contributed by atoms with Crippen LogP contribution in [0.5, 0.6) is 0 Å². The lowest BCUT2D eigenvalue weighted by atomic mass is 10.1. The minimum atomic E-state index is -0.662. The van der Waals surface area contributed by atoms with Crippen molar-refractivity contribution in [2.24, 2.45) is 0 Å². The van der Waals surface area contributed by atoms with Crippen LogP contribution in [0.4, 0.5) is 14.6 Å². The number of hydrogen-bond donors (Lipinski definition) is 1. The van der Waals surface area contributed by atoms with Crippen molar-refractivity contribution in [3.8, 4) is 11.3 Å². The molecule has 106 valence electrons. The maximum atomic E-state index is 14.1. The third-order valence-electron chi connectivity index (χ3n) is 2.69. The molecule has 0 aliphatic rings. The summed E-state index contributed by atoms with van der Waals surface area (Å²) < 4.78 is 28.2. The molecule has 2 aromatic rings. The van der Waals surface area contributed by atoms with E-state index in [1.54, 1.807) is 13.0 Å². The highest BCUT2D eigenvalue weighted by Gasteiger charge is 2.16. The van der Waals surface area contributed by atoms with Gasteiger partial charge in [-0.2, -0.15) is 0 Å². The van der Waals surface area contributed by atoms with E-state index < -0.39 is 11.6 Å². The number of aryl methyl sites for hydroxylation is 1. The van der Waals surface area contributed by atoms with Gasteiger partial charge in [-0.3, -0.25) is 0 Å². The summed E-state index contributed by atoms with van der Waals surface area (Å²) in [5.74, 6) is -0.289. The number of halogens is 3. The summed E-state index contributed by atoms with van der Waals surface area (Å²) in [6.45, 7) is 4.45. The van der Waals surface area contributed by atoms with Gasteiger partial charge in [0.25, 0.3) is 0 Å². The van der Waals surface area contributed by atoms with Crippen LogP contribution in [0.15, 0.2) is 22.7 Å². The molecule has 3 nitrogen and oxygen atoms in total. The normalized spacial score (nSPS) is 10.7. The summed E-state index contributed by atoms with van der Waals surface area (Å²) >= 11 is 3.06. The number of aromatic nitrogens is 2. The summed E-state index contributed by atoms with van der Waals surface area (Å²) in [7, 11) is 0. The van der Waals surface area contributed by atoms with E-state index in [9.17, 15) is 8.78 Å². The van der Waals surface area contributed by atoms with Gasteiger partial charge < -0.3 is 5.32 Å². The Morgan fingerprint density at radius 2 is 2.00 bits per heavy atom. The second-order valence-electron chi connectivity index (χ2n) is 4.33. The first kappa shape index (κ1) is 14.8. The number of hydrogen-bond acceptors (Lipinski definition) is 3. The Hall–Kier alpha value is -1.56. The highest BCUT2D eigenvalue weighted by Crippen LogP contribution is 2.30. The van der Waals surface area contributed by atoms with Crippen molar-refractivity contribution in [2.75, 3.05) is 11.9 Å². The summed E-state index contributed by atoms with van der Waals surface area (Å²) in [6.07, 6.45) is 0.929. The van der Waals surface area contributed by atoms with E-state index >= 15 is 0 Å². The number of anilines is 1. The molecule has 0 bridgehead atoms.